The van der Waals surface area contributed by atoms with E-state index in [9.17, 15) is 13.2 Å². The fourth-order valence-corrected chi connectivity index (χ4v) is 2.81. The molecule has 0 saturated heterocycles. The fraction of sp³-hybridized carbons (Fsp3) is 0.273. The van der Waals surface area contributed by atoms with Gasteiger partial charge in [0.25, 0.3) is 16.0 Å². The number of amides is 1. The summed E-state index contributed by atoms with van der Waals surface area (Å²) in [6.07, 6.45) is 0.806. The van der Waals surface area contributed by atoms with Crippen molar-refractivity contribution in [2.75, 3.05) is 5.01 Å². The van der Waals surface area contributed by atoms with Crippen molar-refractivity contribution in [3.05, 3.63) is 23.2 Å². The molecule has 102 valence electrons. The highest BCUT2D eigenvalue weighted by Gasteiger charge is 2.28. The number of benzene rings is 1. The van der Waals surface area contributed by atoms with Crippen LogP contribution in [-0.2, 0) is 14.9 Å². The van der Waals surface area contributed by atoms with E-state index in [1.165, 1.54) is 12.1 Å². The molecule has 0 bridgehead atoms. The molecule has 1 amide bonds. The van der Waals surface area contributed by atoms with Crippen molar-refractivity contribution >= 4 is 39.0 Å². The van der Waals surface area contributed by atoms with Gasteiger partial charge < -0.3 is 0 Å². The Morgan fingerprint density at radius 3 is 2.68 bits per heavy atom. The number of halogens is 1. The molecule has 0 fully saturated rings. The smallest absolute Gasteiger partial charge is 0.282 e. The Hall–Kier alpha value is -1.44. The van der Waals surface area contributed by atoms with Crippen LogP contribution in [-0.4, -0.2) is 24.6 Å². The average molecular weight is 303 g/mol. The molecule has 0 radical (unpaired) electrons. The summed E-state index contributed by atoms with van der Waals surface area (Å²) in [5.41, 5.74) is 0.837. The minimum atomic E-state index is -4.44. The van der Waals surface area contributed by atoms with Gasteiger partial charge in [-0.05, 0) is 18.6 Å². The zero-order chi connectivity index (χ0) is 14.2. The Labute approximate surface area is 115 Å². The van der Waals surface area contributed by atoms with E-state index in [0.29, 0.717) is 12.1 Å². The van der Waals surface area contributed by atoms with Gasteiger partial charge in [-0.25, -0.2) is 0 Å². The van der Waals surface area contributed by atoms with Crippen LogP contribution in [0, 0.1) is 0 Å². The number of nitrogens with zero attached hydrogens (tertiary/aromatic N) is 2. The molecule has 2 rings (SSSR count). The number of carbonyl (C=O) groups is 1. The zero-order valence-electron chi connectivity index (χ0n) is 10.00. The fourth-order valence-electron chi connectivity index (χ4n) is 1.73. The maximum atomic E-state index is 11.8. The van der Waals surface area contributed by atoms with Gasteiger partial charge in [-0.2, -0.15) is 18.5 Å². The van der Waals surface area contributed by atoms with E-state index in [-0.39, 0.29) is 23.0 Å². The van der Waals surface area contributed by atoms with E-state index in [4.69, 9.17) is 16.2 Å². The molecule has 1 aliphatic heterocycles. The van der Waals surface area contributed by atoms with Crippen LogP contribution in [0.4, 0.5) is 5.69 Å². The molecule has 8 heteroatoms. The van der Waals surface area contributed by atoms with Crippen LogP contribution in [0.15, 0.2) is 28.2 Å². The van der Waals surface area contributed by atoms with E-state index < -0.39 is 15.0 Å². The lowest BCUT2D eigenvalue weighted by Crippen LogP contribution is -2.20. The third-order valence-electron chi connectivity index (χ3n) is 2.69. The normalized spacial score (nSPS) is 15.8. The molecule has 1 N–H and O–H groups in total. The average Bonchev–Trinajstić information content (AvgIpc) is 2.69. The molecule has 6 nitrogen and oxygen atoms in total. The van der Waals surface area contributed by atoms with Crippen molar-refractivity contribution in [1.29, 1.82) is 0 Å². The van der Waals surface area contributed by atoms with Gasteiger partial charge in [0.05, 0.1) is 17.1 Å². The second-order valence-corrected chi connectivity index (χ2v) is 5.73. The Kier molecular flexibility index (Phi) is 3.62. The van der Waals surface area contributed by atoms with Crippen molar-refractivity contribution < 1.29 is 17.8 Å². The van der Waals surface area contributed by atoms with E-state index in [1.54, 1.807) is 0 Å². The van der Waals surface area contributed by atoms with E-state index in [1.807, 2.05) is 6.92 Å². The first-order valence-electron chi connectivity index (χ1n) is 5.50. The van der Waals surface area contributed by atoms with E-state index in [2.05, 4.69) is 5.10 Å². The lowest BCUT2D eigenvalue weighted by Gasteiger charge is -2.14. The summed E-state index contributed by atoms with van der Waals surface area (Å²) in [6.45, 7) is 1.87. The van der Waals surface area contributed by atoms with Gasteiger partial charge in [0.1, 0.15) is 4.90 Å². The molecular formula is C11H11ClN2O4S. The molecule has 1 heterocycles. The highest BCUT2D eigenvalue weighted by molar-refractivity contribution is 7.86. The number of hydrazone groups is 1. The van der Waals surface area contributed by atoms with Crippen LogP contribution in [0.1, 0.15) is 19.8 Å². The summed E-state index contributed by atoms with van der Waals surface area (Å²) in [5, 5.41) is 4.92. The zero-order valence-corrected chi connectivity index (χ0v) is 11.6. The third kappa shape index (κ3) is 2.63. The molecule has 0 saturated carbocycles. The van der Waals surface area contributed by atoms with Gasteiger partial charge in [-0.15, -0.1) is 0 Å². The van der Waals surface area contributed by atoms with E-state index >= 15 is 0 Å². The van der Waals surface area contributed by atoms with Crippen molar-refractivity contribution in [2.45, 2.75) is 24.7 Å². The van der Waals surface area contributed by atoms with Crippen LogP contribution < -0.4 is 5.01 Å². The molecular weight excluding hydrogens is 292 g/mol. The summed E-state index contributed by atoms with van der Waals surface area (Å²) < 4.78 is 31.4. The molecule has 0 aromatic heterocycles. The first kappa shape index (κ1) is 14.0. The summed E-state index contributed by atoms with van der Waals surface area (Å²) >= 11 is 5.93. The van der Waals surface area contributed by atoms with Crippen molar-refractivity contribution in [3.8, 4) is 0 Å². The van der Waals surface area contributed by atoms with Gasteiger partial charge >= 0.3 is 0 Å². The highest BCUT2D eigenvalue weighted by Crippen LogP contribution is 2.34. The maximum absolute atomic E-state index is 11.8. The van der Waals surface area contributed by atoms with Gasteiger partial charge in [-0.1, -0.05) is 24.6 Å². The Balaban J connectivity index is 2.53. The largest absolute Gasteiger partial charge is 0.296 e. The van der Waals surface area contributed by atoms with Crippen LogP contribution in [0.2, 0.25) is 5.02 Å². The number of rotatable bonds is 3. The molecule has 0 aliphatic carbocycles. The first-order chi connectivity index (χ1) is 8.84. The molecule has 1 aromatic rings. The number of carbonyl (C=O) groups excluding carboxylic acids is 1. The van der Waals surface area contributed by atoms with Crippen LogP contribution in [0.5, 0.6) is 0 Å². The lowest BCUT2D eigenvalue weighted by atomic mass is 10.2. The van der Waals surface area contributed by atoms with Gasteiger partial charge in [-0.3, -0.25) is 9.35 Å². The Bertz CT molecular complexity index is 669. The van der Waals surface area contributed by atoms with Crippen molar-refractivity contribution in [3.63, 3.8) is 0 Å². The van der Waals surface area contributed by atoms with Crippen LogP contribution >= 0.6 is 11.6 Å². The Morgan fingerprint density at radius 2 is 2.16 bits per heavy atom. The van der Waals surface area contributed by atoms with Crippen molar-refractivity contribution in [1.82, 2.24) is 0 Å². The molecule has 19 heavy (non-hydrogen) atoms. The number of hydrogen-bond acceptors (Lipinski definition) is 4. The minimum absolute atomic E-state index is 0.144. The summed E-state index contributed by atoms with van der Waals surface area (Å²) in [7, 11) is -4.44. The first-order valence-corrected chi connectivity index (χ1v) is 7.31. The SMILES string of the molecule is CCC1=NN(c2cccc(S(=O)(=O)O)c2Cl)C(=O)C1. The molecule has 0 unspecified atom stereocenters. The monoisotopic (exact) mass is 302 g/mol. The second-order valence-electron chi connectivity index (χ2n) is 3.97. The Morgan fingerprint density at radius 1 is 1.47 bits per heavy atom. The lowest BCUT2D eigenvalue weighted by molar-refractivity contribution is -0.116. The van der Waals surface area contributed by atoms with Crippen molar-refractivity contribution in [2.24, 2.45) is 5.10 Å². The molecule has 0 atom stereocenters. The summed E-state index contributed by atoms with van der Waals surface area (Å²) in [5.74, 6) is -0.286. The summed E-state index contributed by atoms with van der Waals surface area (Å²) in [4.78, 5) is 11.4. The van der Waals surface area contributed by atoms with Gasteiger partial charge in [0.2, 0.25) is 0 Å². The van der Waals surface area contributed by atoms with Crippen LogP contribution in [0.25, 0.3) is 0 Å². The van der Waals surface area contributed by atoms with E-state index in [0.717, 1.165) is 11.1 Å². The standard InChI is InChI=1S/C11H11ClN2O4S/c1-2-7-6-10(15)14(13-7)8-4-3-5-9(11(8)12)19(16,17)18/h3-5H,2,6H2,1H3,(H,16,17,18). The predicted octanol–water partition coefficient (Wildman–Crippen LogP) is 2.09. The van der Waals surface area contributed by atoms with Crippen LogP contribution in [0.3, 0.4) is 0 Å². The second kappa shape index (κ2) is 4.92. The highest BCUT2D eigenvalue weighted by atomic mass is 35.5. The number of hydrogen-bond donors (Lipinski definition) is 1. The quantitative estimate of drug-likeness (QED) is 0.866. The maximum Gasteiger partial charge on any atom is 0.296 e. The predicted molar refractivity (Wildman–Crippen MR) is 71.1 cm³/mol. The molecule has 1 aromatic carbocycles. The molecule has 1 aliphatic rings. The number of anilines is 1. The summed E-state index contributed by atoms with van der Waals surface area (Å²) in [6, 6.07) is 4.01. The molecule has 0 spiro atoms. The minimum Gasteiger partial charge on any atom is -0.282 e. The van der Waals surface area contributed by atoms with Gasteiger partial charge in [0, 0.05) is 5.71 Å². The third-order valence-corrected chi connectivity index (χ3v) is 4.10. The topological polar surface area (TPSA) is 87.0 Å². The van der Waals surface area contributed by atoms with Gasteiger partial charge in [0.15, 0.2) is 0 Å².